The van der Waals surface area contributed by atoms with Crippen LogP contribution in [0.4, 0.5) is 5.13 Å². The van der Waals surface area contributed by atoms with Crippen molar-refractivity contribution in [3.8, 4) is 0 Å². The molecule has 0 fully saturated rings. The van der Waals surface area contributed by atoms with Crippen LogP contribution >= 0.6 is 11.3 Å². The maximum Gasteiger partial charge on any atom is 0.250 e. The van der Waals surface area contributed by atoms with Gasteiger partial charge in [-0.25, -0.2) is 9.67 Å². The molecule has 7 nitrogen and oxygen atoms in total. The number of hydrogen-bond donors (Lipinski definition) is 0. The average molecular weight is 414 g/mol. The zero-order chi connectivity index (χ0) is 20.5. The number of pyridine rings is 1. The van der Waals surface area contributed by atoms with Gasteiger partial charge in [0.05, 0.1) is 28.0 Å². The number of carbonyl (C=O) groups excluding carboxylic acids is 1. The van der Waals surface area contributed by atoms with Crippen LogP contribution in [0.5, 0.6) is 0 Å². The third-order valence-electron chi connectivity index (χ3n) is 4.89. The molecule has 30 heavy (non-hydrogen) atoms. The molecule has 0 bridgehead atoms. The quantitative estimate of drug-likeness (QED) is 0.435. The number of para-hydroxylation sites is 2. The van der Waals surface area contributed by atoms with Crippen LogP contribution in [0.25, 0.3) is 21.3 Å². The molecule has 0 radical (unpaired) electrons. The highest BCUT2D eigenvalue weighted by atomic mass is 32.1. The summed E-state index contributed by atoms with van der Waals surface area (Å²) in [6, 6.07) is 19.3. The van der Waals surface area contributed by atoms with E-state index in [-0.39, 0.29) is 12.5 Å². The van der Waals surface area contributed by atoms with E-state index in [9.17, 15) is 4.79 Å². The molecule has 2 aromatic carbocycles. The molecule has 0 spiro atoms. The number of thiazole rings is 1. The Hall–Kier alpha value is -3.65. The van der Waals surface area contributed by atoms with Crippen LogP contribution in [-0.2, 0) is 17.9 Å². The summed E-state index contributed by atoms with van der Waals surface area (Å²) in [5.41, 5.74) is 4.39. The van der Waals surface area contributed by atoms with E-state index in [1.165, 1.54) is 11.3 Å². The van der Waals surface area contributed by atoms with Gasteiger partial charge in [0, 0.05) is 6.20 Å². The Balaban J connectivity index is 1.52. The predicted octanol–water partition coefficient (Wildman–Crippen LogP) is 3.98. The normalized spacial score (nSPS) is 11.2. The lowest BCUT2D eigenvalue weighted by molar-refractivity contribution is -0.119. The molecule has 3 heterocycles. The van der Waals surface area contributed by atoms with E-state index in [1.54, 1.807) is 15.8 Å². The van der Waals surface area contributed by atoms with Gasteiger partial charge in [-0.3, -0.25) is 14.7 Å². The number of rotatable bonds is 5. The Labute approximate surface area is 176 Å². The first kappa shape index (κ1) is 18.4. The van der Waals surface area contributed by atoms with Gasteiger partial charge in [-0.05, 0) is 42.8 Å². The first-order valence-corrected chi connectivity index (χ1v) is 10.4. The van der Waals surface area contributed by atoms with Crippen LogP contribution in [0.3, 0.4) is 0 Å². The Bertz CT molecular complexity index is 1340. The second kappa shape index (κ2) is 7.64. The molecule has 0 aliphatic rings. The summed E-state index contributed by atoms with van der Waals surface area (Å²) in [5, 5.41) is 8.97. The van der Waals surface area contributed by atoms with E-state index in [0.29, 0.717) is 11.7 Å². The van der Waals surface area contributed by atoms with Crippen LogP contribution in [-0.4, -0.2) is 30.9 Å². The average Bonchev–Trinajstić information content (AvgIpc) is 3.38. The standard InChI is InChI=1S/C22H18N6OS/c1-15-7-6-11-19-21(15)24-22(30-19)27(13-16-8-4-5-12-23-16)20(29)14-28-18-10-3-2-9-17(18)25-26-28/h2-12H,13-14H2,1H3. The lowest BCUT2D eigenvalue weighted by atomic mass is 10.2. The van der Waals surface area contributed by atoms with Gasteiger partial charge in [-0.1, -0.05) is 46.9 Å². The van der Waals surface area contributed by atoms with Gasteiger partial charge >= 0.3 is 0 Å². The van der Waals surface area contributed by atoms with E-state index in [0.717, 1.165) is 32.5 Å². The van der Waals surface area contributed by atoms with Crippen molar-refractivity contribution in [2.24, 2.45) is 0 Å². The first-order valence-electron chi connectivity index (χ1n) is 9.54. The number of aryl methyl sites for hydroxylation is 1. The summed E-state index contributed by atoms with van der Waals surface area (Å²) in [6.07, 6.45) is 1.73. The molecule has 8 heteroatoms. The summed E-state index contributed by atoms with van der Waals surface area (Å²) in [7, 11) is 0. The maximum atomic E-state index is 13.4. The summed E-state index contributed by atoms with van der Waals surface area (Å²) >= 11 is 1.50. The number of carbonyl (C=O) groups is 1. The minimum Gasteiger partial charge on any atom is -0.280 e. The number of fused-ring (bicyclic) bond motifs is 2. The maximum absolute atomic E-state index is 13.4. The highest BCUT2D eigenvalue weighted by Gasteiger charge is 2.22. The number of benzene rings is 2. The molecule has 148 valence electrons. The van der Waals surface area contributed by atoms with E-state index in [4.69, 9.17) is 4.98 Å². The van der Waals surface area contributed by atoms with Crippen molar-refractivity contribution in [3.05, 3.63) is 78.1 Å². The zero-order valence-electron chi connectivity index (χ0n) is 16.3. The molecular formula is C22H18N6OS. The van der Waals surface area contributed by atoms with E-state index in [1.807, 2.05) is 67.6 Å². The summed E-state index contributed by atoms with van der Waals surface area (Å²) in [6.45, 7) is 2.44. The molecule has 0 aliphatic heterocycles. The predicted molar refractivity (Wildman–Crippen MR) is 117 cm³/mol. The van der Waals surface area contributed by atoms with Gasteiger partial charge in [0.2, 0.25) is 0 Å². The molecular weight excluding hydrogens is 396 g/mol. The molecule has 0 aliphatic carbocycles. The summed E-state index contributed by atoms with van der Waals surface area (Å²) in [4.78, 5) is 24.2. The van der Waals surface area contributed by atoms with Gasteiger partial charge in [-0.15, -0.1) is 5.10 Å². The molecule has 0 N–H and O–H groups in total. The van der Waals surface area contributed by atoms with Crippen molar-refractivity contribution in [2.75, 3.05) is 4.90 Å². The highest BCUT2D eigenvalue weighted by Crippen LogP contribution is 2.31. The fourth-order valence-electron chi connectivity index (χ4n) is 3.35. The second-order valence-electron chi connectivity index (χ2n) is 6.95. The van der Waals surface area contributed by atoms with Crippen molar-refractivity contribution >= 4 is 43.6 Å². The molecule has 0 unspecified atom stereocenters. The largest absolute Gasteiger partial charge is 0.280 e. The Morgan fingerprint density at radius 1 is 1.07 bits per heavy atom. The van der Waals surface area contributed by atoms with E-state index < -0.39 is 0 Å². The number of nitrogens with zero attached hydrogens (tertiary/aromatic N) is 6. The van der Waals surface area contributed by atoms with Crippen LogP contribution < -0.4 is 4.90 Å². The lowest BCUT2D eigenvalue weighted by Gasteiger charge is -2.19. The van der Waals surface area contributed by atoms with E-state index in [2.05, 4.69) is 15.3 Å². The summed E-state index contributed by atoms with van der Waals surface area (Å²) in [5.74, 6) is -0.118. The smallest absolute Gasteiger partial charge is 0.250 e. The zero-order valence-corrected chi connectivity index (χ0v) is 17.1. The van der Waals surface area contributed by atoms with Crippen molar-refractivity contribution in [1.29, 1.82) is 0 Å². The van der Waals surface area contributed by atoms with Crippen LogP contribution in [0.15, 0.2) is 66.9 Å². The Morgan fingerprint density at radius 2 is 1.93 bits per heavy atom. The van der Waals surface area contributed by atoms with Crippen molar-refractivity contribution in [1.82, 2.24) is 25.0 Å². The Morgan fingerprint density at radius 3 is 2.77 bits per heavy atom. The van der Waals surface area contributed by atoms with Crippen LogP contribution in [0.2, 0.25) is 0 Å². The van der Waals surface area contributed by atoms with Gasteiger partial charge < -0.3 is 0 Å². The molecule has 5 rings (SSSR count). The number of aromatic nitrogens is 5. The number of hydrogen-bond acceptors (Lipinski definition) is 6. The van der Waals surface area contributed by atoms with Gasteiger partial charge in [0.1, 0.15) is 12.1 Å². The van der Waals surface area contributed by atoms with Crippen LogP contribution in [0, 0.1) is 6.92 Å². The Kier molecular flexibility index (Phi) is 4.68. The third kappa shape index (κ3) is 3.42. The fraction of sp³-hybridized carbons (Fsp3) is 0.136. The number of amides is 1. The van der Waals surface area contributed by atoms with Gasteiger partial charge in [-0.2, -0.15) is 0 Å². The molecule has 1 amide bonds. The molecule has 0 saturated carbocycles. The third-order valence-corrected chi connectivity index (χ3v) is 5.94. The second-order valence-corrected chi connectivity index (χ2v) is 7.96. The van der Waals surface area contributed by atoms with Gasteiger partial charge in [0.25, 0.3) is 5.91 Å². The SMILES string of the molecule is Cc1cccc2sc(N(Cc3ccccn3)C(=O)Cn3nnc4ccccc43)nc12. The fourth-order valence-corrected chi connectivity index (χ4v) is 4.41. The van der Waals surface area contributed by atoms with Crippen molar-refractivity contribution in [3.63, 3.8) is 0 Å². The van der Waals surface area contributed by atoms with Gasteiger partial charge in [0.15, 0.2) is 5.13 Å². The molecule has 0 saturated heterocycles. The van der Waals surface area contributed by atoms with Crippen LogP contribution in [0.1, 0.15) is 11.3 Å². The van der Waals surface area contributed by atoms with E-state index >= 15 is 0 Å². The first-order chi connectivity index (χ1) is 14.7. The monoisotopic (exact) mass is 414 g/mol. The summed E-state index contributed by atoms with van der Waals surface area (Å²) < 4.78 is 2.68. The van der Waals surface area contributed by atoms with Crippen molar-refractivity contribution < 1.29 is 4.79 Å². The molecule has 0 atom stereocenters. The minimum absolute atomic E-state index is 0.0717. The number of anilines is 1. The lowest BCUT2D eigenvalue weighted by Crippen LogP contribution is -2.34. The molecule has 3 aromatic heterocycles. The molecule has 5 aromatic rings. The van der Waals surface area contributed by atoms with Crippen molar-refractivity contribution in [2.45, 2.75) is 20.0 Å². The minimum atomic E-state index is -0.118. The highest BCUT2D eigenvalue weighted by molar-refractivity contribution is 7.22. The topological polar surface area (TPSA) is 76.8 Å².